The standard InChI is InChI=1S/C19H20ClN3O3S/c1-3-19(24)23-18(13-7-6-8-14(20)11-13)12-17(21-23)15-9-4-5-10-16(15)22-27(2,25)26/h4-11,18,22H,3,12H2,1-2H3/t18-/m0/s1. The molecule has 1 aliphatic rings. The van der Waals surface area contributed by atoms with Gasteiger partial charge in [-0.05, 0) is 23.8 Å². The van der Waals surface area contributed by atoms with E-state index < -0.39 is 10.0 Å². The van der Waals surface area contributed by atoms with Gasteiger partial charge in [0.2, 0.25) is 15.9 Å². The van der Waals surface area contributed by atoms with Gasteiger partial charge < -0.3 is 0 Å². The molecule has 0 bridgehead atoms. The van der Waals surface area contributed by atoms with Crippen molar-refractivity contribution in [1.82, 2.24) is 5.01 Å². The number of halogens is 1. The molecule has 3 rings (SSSR count). The van der Waals surface area contributed by atoms with Gasteiger partial charge in [0.15, 0.2) is 0 Å². The molecule has 0 saturated heterocycles. The largest absolute Gasteiger partial charge is 0.283 e. The molecule has 0 spiro atoms. The topological polar surface area (TPSA) is 78.8 Å². The minimum Gasteiger partial charge on any atom is -0.283 e. The Balaban J connectivity index is 2.02. The van der Waals surface area contributed by atoms with E-state index in [2.05, 4.69) is 9.82 Å². The van der Waals surface area contributed by atoms with E-state index in [0.717, 1.165) is 11.8 Å². The van der Waals surface area contributed by atoms with E-state index in [9.17, 15) is 13.2 Å². The van der Waals surface area contributed by atoms with Crippen LogP contribution in [0.4, 0.5) is 5.69 Å². The van der Waals surface area contributed by atoms with E-state index in [1.165, 1.54) is 5.01 Å². The number of hydrogen-bond acceptors (Lipinski definition) is 4. The molecule has 0 aromatic heterocycles. The molecule has 1 atom stereocenters. The summed E-state index contributed by atoms with van der Waals surface area (Å²) in [7, 11) is -3.44. The molecule has 0 fully saturated rings. The minimum absolute atomic E-state index is 0.108. The van der Waals surface area contributed by atoms with Crippen molar-refractivity contribution in [2.45, 2.75) is 25.8 Å². The van der Waals surface area contributed by atoms with Crippen LogP contribution >= 0.6 is 11.6 Å². The van der Waals surface area contributed by atoms with Crippen molar-refractivity contribution >= 4 is 38.9 Å². The zero-order chi connectivity index (χ0) is 19.6. The second-order valence-electron chi connectivity index (χ2n) is 6.33. The lowest BCUT2D eigenvalue weighted by Gasteiger charge is -2.21. The number of anilines is 1. The minimum atomic E-state index is -3.44. The highest BCUT2D eigenvalue weighted by atomic mass is 35.5. The summed E-state index contributed by atoms with van der Waals surface area (Å²) in [5, 5.41) is 6.59. The molecule has 1 heterocycles. The predicted molar refractivity (Wildman–Crippen MR) is 107 cm³/mol. The number of sulfonamides is 1. The van der Waals surface area contributed by atoms with Gasteiger partial charge in [-0.1, -0.05) is 48.9 Å². The number of benzene rings is 2. The molecule has 142 valence electrons. The number of amides is 1. The molecule has 6 nitrogen and oxygen atoms in total. The first-order valence-corrected chi connectivity index (χ1v) is 10.8. The molecular weight excluding hydrogens is 386 g/mol. The average molecular weight is 406 g/mol. The highest BCUT2D eigenvalue weighted by Crippen LogP contribution is 2.35. The Kier molecular flexibility index (Phi) is 5.53. The van der Waals surface area contributed by atoms with Crippen LogP contribution in [-0.2, 0) is 14.8 Å². The van der Waals surface area contributed by atoms with Gasteiger partial charge in [-0.25, -0.2) is 13.4 Å². The van der Waals surface area contributed by atoms with Gasteiger partial charge in [-0.15, -0.1) is 0 Å². The summed E-state index contributed by atoms with van der Waals surface area (Å²) in [5.74, 6) is -0.108. The van der Waals surface area contributed by atoms with Crippen LogP contribution < -0.4 is 4.72 Å². The quantitative estimate of drug-likeness (QED) is 0.821. The van der Waals surface area contributed by atoms with Gasteiger partial charge >= 0.3 is 0 Å². The number of hydrogen-bond donors (Lipinski definition) is 1. The average Bonchev–Trinajstić information content (AvgIpc) is 3.05. The Morgan fingerprint density at radius 1 is 1.26 bits per heavy atom. The summed E-state index contributed by atoms with van der Waals surface area (Å²) in [6.07, 6.45) is 1.88. The third-order valence-corrected chi connectivity index (χ3v) is 5.06. The summed E-state index contributed by atoms with van der Waals surface area (Å²) >= 11 is 6.12. The van der Waals surface area contributed by atoms with Crippen molar-refractivity contribution in [3.05, 3.63) is 64.7 Å². The van der Waals surface area contributed by atoms with E-state index in [4.69, 9.17) is 11.6 Å². The normalized spacial score (nSPS) is 16.9. The fraction of sp³-hybridized carbons (Fsp3) is 0.263. The van der Waals surface area contributed by atoms with E-state index in [0.29, 0.717) is 34.8 Å². The fourth-order valence-electron chi connectivity index (χ4n) is 3.06. The van der Waals surface area contributed by atoms with Crippen molar-refractivity contribution in [3.63, 3.8) is 0 Å². The maximum Gasteiger partial charge on any atom is 0.242 e. The number of rotatable bonds is 5. The second-order valence-corrected chi connectivity index (χ2v) is 8.52. The third-order valence-electron chi connectivity index (χ3n) is 4.24. The maximum atomic E-state index is 12.4. The maximum absolute atomic E-state index is 12.4. The third kappa shape index (κ3) is 4.48. The van der Waals surface area contributed by atoms with Crippen molar-refractivity contribution in [2.24, 2.45) is 5.10 Å². The molecule has 1 aliphatic heterocycles. The highest BCUT2D eigenvalue weighted by molar-refractivity contribution is 7.92. The number of hydrazone groups is 1. The van der Waals surface area contributed by atoms with E-state index >= 15 is 0 Å². The monoisotopic (exact) mass is 405 g/mol. The molecule has 1 amide bonds. The number of carbonyl (C=O) groups excluding carboxylic acids is 1. The number of nitrogens with zero attached hydrogens (tertiary/aromatic N) is 2. The number of para-hydroxylation sites is 1. The molecule has 0 unspecified atom stereocenters. The summed E-state index contributed by atoms with van der Waals surface area (Å²) < 4.78 is 25.9. The van der Waals surface area contributed by atoms with E-state index in [-0.39, 0.29) is 11.9 Å². The zero-order valence-corrected chi connectivity index (χ0v) is 16.6. The first-order chi connectivity index (χ1) is 12.8. The Labute approximate surface area is 163 Å². The van der Waals surface area contributed by atoms with Gasteiger partial charge in [0.1, 0.15) is 0 Å². The summed E-state index contributed by atoms with van der Waals surface area (Å²) in [6, 6.07) is 14.1. The highest BCUT2D eigenvalue weighted by Gasteiger charge is 2.33. The summed E-state index contributed by atoms with van der Waals surface area (Å²) in [4.78, 5) is 12.4. The van der Waals surface area contributed by atoms with Crippen molar-refractivity contribution in [1.29, 1.82) is 0 Å². The van der Waals surface area contributed by atoms with Gasteiger partial charge in [0, 0.05) is 23.4 Å². The molecule has 2 aromatic rings. The Morgan fingerprint density at radius 3 is 2.67 bits per heavy atom. The van der Waals surface area contributed by atoms with Crippen LogP contribution in [-0.4, -0.2) is 31.3 Å². The van der Waals surface area contributed by atoms with E-state index in [1.807, 2.05) is 24.3 Å². The second kappa shape index (κ2) is 7.70. The Hall–Kier alpha value is -2.38. The van der Waals surface area contributed by atoms with Crippen LogP contribution in [0.1, 0.15) is 36.9 Å². The predicted octanol–water partition coefficient (Wildman–Crippen LogP) is 3.80. The summed E-state index contributed by atoms with van der Waals surface area (Å²) in [5.41, 5.74) is 2.63. The van der Waals surface area contributed by atoms with Gasteiger partial charge in [0.25, 0.3) is 0 Å². The Morgan fingerprint density at radius 2 is 2.00 bits per heavy atom. The lowest BCUT2D eigenvalue weighted by atomic mass is 9.97. The van der Waals surface area contributed by atoms with E-state index in [1.54, 1.807) is 31.2 Å². The van der Waals surface area contributed by atoms with Gasteiger partial charge in [0.05, 0.1) is 23.7 Å². The fourth-order valence-corrected chi connectivity index (χ4v) is 3.84. The zero-order valence-electron chi connectivity index (χ0n) is 15.0. The van der Waals surface area contributed by atoms with Crippen LogP contribution in [0.5, 0.6) is 0 Å². The smallest absolute Gasteiger partial charge is 0.242 e. The van der Waals surface area contributed by atoms with Crippen LogP contribution in [0.15, 0.2) is 53.6 Å². The molecule has 0 aliphatic carbocycles. The Bertz CT molecular complexity index is 1000. The molecule has 27 heavy (non-hydrogen) atoms. The van der Waals surface area contributed by atoms with Crippen LogP contribution in [0, 0.1) is 0 Å². The molecule has 8 heteroatoms. The molecule has 2 aromatic carbocycles. The molecule has 0 saturated carbocycles. The van der Waals surface area contributed by atoms with Crippen molar-refractivity contribution in [2.75, 3.05) is 11.0 Å². The first kappa shape index (κ1) is 19.4. The van der Waals surface area contributed by atoms with Crippen molar-refractivity contribution in [3.8, 4) is 0 Å². The molecular formula is C19H20ClN3O3S. The van der Waals surface area contributed by atoms with Crippen LogP contribution in [0.3, 0.4) is 0 Å². The lowest BCUT2D eigenvalue weighted by molar-refractivity contribution is -0.132. The SMILES string of the molecule is CCC(=O)N1N=C(c2ccccc2NS(C)(=O)=O)C[C@H]1c1cccc(Cl)c1. The van der Waals surface area contributed by atoms with Crippen molar-refractivity contribution < 1.29 is 13.2 Å². The van der Waals surface area contributed by atoms with Crippen LogP contribution in [0.2, 0.25) is 5.02 Å². The van der Waals surface area contributed by atoms with Crippen LogP contribution in [0.25, 0.3) is 0 Å². The summed E-state index contributed by atoms with van der Waals surface area (Å²) in [6.45, 7) is 1.78. The number of carbonyl (C=O) groups is 1. The van der Waals surface area contributed by atoms with Gasteiger partial charge in [-0.3, -0.25) is 9.52 Å². The molecule has 0 radical (unpaired) electrons. The van der Waals surface area contributed by atoms with Gasteiger partial charge in [-0.2, -0.15) is 5.10 Å². The number of nitrogens with one attached hydrogen (secondary N) is 1. The molecule has 1 N–H and O–H groups in total. The lowest BCUT2D eigenvalue weighted by Crippen LogP contribution is -2.26. The first-order valence-electron chi connectivity index (χ1n) is 8.50.